The summed E-state index contributed by atoms with van der Waals surface area (Å²) in [5, 5.41) is 1.11. The second kappa shape index (κ2) is 6.04. The van der Waals surface area contributed by atoms with Gasteiger partial charge in [0.25, 0.3) is 0 Å². The zero-order chi connectivity index (χ0) is 13.1. The Hall–Kier alpha value is -0.580. The molecule has 0 aliphatic carbocycles. The number of aromatic nitrogens is 2. The van der Waals surface area contributed by atoms with E-state index in [0.29, 0.717) is 28.6 Å². The maximum Gasteiger partial charge on any atom is 0.110 e. The van der Waals surface area contributed by atoms with Crippen LogP contribution in [0.5, 0.6) is 0 Å². The van der Waals surface area contributed by atoms with Gasteiger partial charge >= 0.3 is 0 Å². The van der Waals surface area contributed by atoms with Gasteiger partial charge in [0.15, 0.2) is 0 Å². The van der Waals surface area contributed by atoms with Gasteiger partial charge in [-0.05, 0) is 40.5 Å². The number of nitrogens with one attached hydrogen (secondary N) is 1. The smallest absolute Gasteiger partial charge is 0.110 e. The zero-order valence-corrected chi connectivity index (χ0v) is 12.4. The summed E-state index contributed by atoms with van der Waals surface area (Å²) in [6.45, 7) is -0.352. The minimum atomic E-state index is -0.352. The first-order valence-corrected chi connectivity index (χ1v) is 6.92. The molecule has 0 saturated heterocycles. The fourth-order valence-electron chi connectivity index (χ4n) is 1.61. The molecule has 0 radical (unpaired) electrons. The Morgan fingerprint density at radius 1 is 1.33 bits per heavy atom. The molecule has 1 N–H and O–H groups in total. The first-order valence-electron chi connectivity index (χ1n) is 5.37. The number of aryl methyl sites for hydroxylation is 1. The summed E-state index contributed by atoms with van der Waals surface area (Å²) in [4.78, 5) is 7.48. The largest absolute Gasteiger partial charge is 0.336 e. The molecule has 1 heterocycles. The zero-order valence-electron chi connectivity index (χ0n) is 9.31. The van der Waals surface area contributed by atoms with Crippen LogP contribution in [0.25, 0.3) is 11.3 Å². The molecular weight excluding hydrogens is 342 g/mol. The van der Waals surface area contributed by atoms with Crippen molar-refractivity contribution < 1.29 is 4.39 Å². The van der Waals surface area contributed by atoms with Gasteiger partial charge in [0, 0.05) is 17.0 Å². The van der Waals surface area contributed by atoms with Gasteiger partial charge < -0.3 is 4.98 Å². The summed E-state index contributed by atoms with van der Waals surface area (Å²) in [5.41, 5.74) is 1.50. The van der Waals surface area contributed by atoms with Crippen molar-refractivity contribution in [2.45, 2.75) is 12.8 Å². The second-order valence-corrected chi connectivity index (χ2v) is 5.40. The van der Waals surface area contributed by atoms with Crippen molar-refractivity contribution >= 4 is 39.1 Å². The second-order valence-electron chi connectivity index (χ2n) is 3.76. The molecular formula is C12H10BrCl2FN2. The van der Waals surface area contributed by atoms with Crippen LogP contribution in [-0.2, 0) is 6.42 Å². The monoisotopic (exact) mass is 350 g/mol. The number of H-pyrrole nitrogens is 1. The molecule has 18 heavy (non-hydrogen) atoms. The molecule has 0 bridgehead atoms. The lowest BCUT2D eigenvalue weighted by atomic mass is 10.2. The van der Waals surface area contributed by atoms with Crippen molar-refractivity contribution in [3.05, 3.63) is 38.7 Å². The standard InChI is InChI=1S/C12H10BrCl2FN2/c13-12-11(17-10(18-12)2-1-5-16)8-4-3-7(14)6-9(8)15/h3-4,6H,1-2,5H2,(H,17,18). The number of alkyl halides is 1. The third-order valence-electron chi connectivity index (χ3n) is 2.44. The third-order valence-corrected chi connectivity index (χ3v) is 3.56. The van der Waals surface area contributed by atoms with E-state index in [1.165, 1.54) is 0 Å². The number of imidazole rings is 1. The van der Waals surface area contributed by atoms with Gasteiger partial charge in [0.1, 0.15) is 16.1 Å². The minimum Gasteiger partial charge on any atom is -0.336 e. The lowest BCUT2D eigenvalue weighted by Crippen LogP contribution is -1.89. The summed E-state index contributed by atoms with van der Waals surface area (Å²) in [5.74, 6) is 0.737. The highest BCUT2D eigenvalue weighted by Crippen LogP contribution is 2.33. The molecule has 2 nitrogen and oxygen atoms in total. The van der Waals surface area contributed by atoms with Crippen molar-refractivity contribution in [3.8, 4) is 11.3 Å². The Morgan fingerprint density at radius 3 is 2.78 bits per heavy atom. The molecule has 0 aliphatic heterocycles. The van der Waals surface area contributed by atoms with E-state index >= 15 is 0 Å². The Morgan fingerprint density at radius 2 is 2.11 bits per heavy atom. The van der Waals surface area contributed by atoms with Crippen LogP contribution in [0.4, 0.5) is 4.39 Å². The van der Waals surface area contributed by atoms with Gasteiger partial charge in [-0.2, -0.15) is 0 Å². The molecule has 2 rings (SSSR count). The van der Waals surface area contributed by atoms with Crippen LogP contribution in [0.15, 0.2) is 22.8 Å². The predicted octanol–water partition coefficient (Wildman–Crippen LogP) is 5.05. The number of benzene rings is 1. The van der Waals surface area contributed by atoms with Crippen LogP contribution in [0.3, 0.4) is 0 Å². The summed E-state index contributed by atoms with van der Waals surface area (Å²) in [6, 6.07) is 5.23. The van der Waals surface area contributed by atoms with Gasteiger partial charge in [-0.25, -0.2) is 4.98 Å². The van der Waals surface area contributed by atoms with Crippen molar-refractivity contribution in [2.24, 2.45) is 0 Å². The highest BCUT2D eigenvalue weighted by Gasteiger charge is 2.13. The normalized spacial score (nSPS) is 10.9. The topological polar surface area (TPSA) is 28.7 Å². The molecule has 0 fully saturated rings. The van der Waals surface area contributed by atoms with Gasteiger partial charge in [-0.1, -0.05) is 23.2 Å². The highest BCUT2D eigenvalue weighted by atomic mass is 79.9. The number of aromatic amines is 1. The fraction of sp³-hybridized carbons (Fsp3) is 0.250. The van der Waals surface area contributed by atoms with E-state index in [-0.39, 0.29) is 6.67 Å². The maximum absolute atomic E-state index is 12.1. The number of nitrogens with zero attached hydrogens (tertiary/aromatic N) is 1. The van der Waals surface area contributed by atoms with Gasteiger partial charge in [0.05, 0.1) is 11.7 Å². The van der Waals surface area contributed by atoms with Crippen LogP contribution >= 0.6 is 39.1 Å². The molecule has 96 valence electrons. The van der Waals surface area contributed by atoms with Gasteiger partial charge in [-0.15, -0.1) is 0 Å². The van der Waals surface area contributed by atoms with Crippen molar-refractivity contribution in [3.63, 3.8) is 0 Å². The van der Waals surface area contributed by atoms with Crippen molar-refractivity contribution in [2.75, 3.05) is 6.67 Å². The molecule has 0 aliphatic rings. The van der Waals surface area contributed by atoms with E-state index < -0.39 is 0 Å². The van der Waals surface area contributed by atoms with E-state index in [1.807, 2.05) is 6.07 Å². The first kappa shape index (κ1) is 13.8. The summed E-state index contributed by atoms with van der Waals surface area (Å²) in [7, 11) is 0. The SMILES string of the molecule is FCCCc1nc(-c2ccc(Cl)cc2Cl)c(Br)[nH]1. The summed E-state index contributed by atoms with van der Waals surface area (Å²) >= 11 is 15.4. The van der Waals surface area contributed by atoms with Crippen LogP contribution in [0.1, 0.15) is 12.2 Å². The van der Waals surface area contributed by atoms with E-state index in [1.54, 1.807) is 12.1 Å². The average Bonchev–Trinajstić information content (AvgIpc) is 2.68. The van der Waals surface area contributed by atoms with E-state index in [4.69, 9.17) is 23.2 Å². The minimum absolute atomic E-state index is 0.352. The lowest BCUT2D eigenvalue weighted by Gasteiger charge is -2.01. The highest BCUT2D eigenvalue weighted by molar-refractivity contribution is 9.10. The van der Waals surface area contributed by atoms with Crippen LogP contribution in [-0.4, -0.2) is 16.6 Å². The number of rotatable bonds is 4. The molecule has 1 aromatic heterocycles. The van der Waals surface area contributed by atoms with Crippen molar-refractivity contribution in [1.82, 2.24) is 9.97 Å². The fourth-order valence-corrected chi connectivity index (χ4v) is 2.64. The van der Waals surface area contributed by atoms with Crippen LogP contribution < -0.4 is 0 Å². The van der Waals surface area contributed by atoms with Gasteiger partial charge in [-0.3, -0.25) is 4.39 Å². The quantitative estimate of drug-likeness (QED) is 0.820. The van der Waals surface area contributed by atoms with E-state index in [2.05, 4.69) is 25.9 Å². The molecule has 6 heteroatoms. The maximum atomic E-state index is 12.1. The Labute approximate surface area is 123 Å². The Bertz CT molecular complexity index is 557. The van der Waals surface area contributed by atoms with Crippen LogP contribution in [0.2, 0.25) is 10.0 Å². The molecule has 0 saturated carbocycles. The molecule has 0 amide bonds. The predicted molar refractivity (Wildman–Crippen MR) is 76.0 cm³/mol. The lowest BCUT2D eigenvalue weighted by molar-refractivity contribution is 0.470. The van der Waals surface area contributed by atoms with E-state index in [0.717, 1.165) is 16.0 Å². The number of halogens is 4. The van der Waals surface area contributed by atoms with Gasteiger partial charge in [0.2, 0.25) is 0 Å². The molecule has 1 aromatic carbocycles. The Balaban J connectivity index is 2.35. The summed E-state index contributed by atoms with van der Waals surface area (Å²) in [6.07, 6.45) is 1.02. The molecule has 0 unspecified atom stereocenters. The molecule has 0 spiro atoms. The van der Waals surface area contributed by atoms with Crippen molar-refractivity contribution in [1.29, 1.82) is 0 Å². The number of hydrogen-bond acceptors (Lipinski definition) is 1. The van der Waals surface area contributed by atoms with Crippen LogP contribution in [0, 0.1) is 0 Å². The number of hydrogen-bond donors (Lipinski definition) is 1. The third kappa shape index (κ3) is 3.05. The Kier molecular flexibility index (Phi) is 4.65. The van der Waals surface area contributed by atoms with E-state index in [9.17, 15) is 4.39 Å². The molecule has 2 aromatic rings. The molecule has 0 atom stereocenters. The average molecular weight is 352 g/mol. The first-order chi connectivity index (χ1) is 8.61. The summed E-state index contributed by atoms with van der Waals surface area (Å²) < 4.78 is 12.9.